The Labute approximate surface area is 106 Å². The Morgan fingerprint density at radius 2 is 1.68 bits per heavy atom. The van der Waals surface area contributed by atoms with Gasteiger partial charge in [-0.1, -0.05) is 36.4 Å². The van der Waals surface area contributed by atoms with Gasteiger partial charge in [-0.05, 0) is 22.4 Å². The van der Waals surface area contributed by atoms with Crippen molar-refractivity contribution in [3.63, 3.8) is 0 Å². The fourth-order valence-corrected chi connectivity index (χ4v) is 1.87. The summed E-state index contributed by atoms with van der Waals surface area (Å²) in [6, 6.07) is 11.4. The predicted octanol–water partition coefficient (Wildman–Crippen LogP) is 3.25. The molecule has 1 unspecified atom stereocenters. The first kappa shape index (κ1) is 13.3. The number of ketones is 1. The highest BCUT2D eigenvalue weighted by molar-refractivity contribution is 6.02. The monoisotopic (exact) mass is 266 g/mol. The molecule has 5 heteroatoms. The Hall–Kier alpha value is -2.17. The molecule has 2 aromatic carbocycles. The number of rotatable bonds is 3. The van der Waals surface area contributed by atoms with Gasteiger partial charge in [0.1, 0.15) is 12.2 Å². The highest BCUT2D eigenvalue weighted by Gasteiger charge is 2.43. The van der Waals surface area contributed by atoms with Gasteiger partial charge in [-0.3, -0.25) is 4.79 Å². The molecule has 0 amide bonds. The average Bonchev–Trinajstić information content (AvgIpc) is 2.38. The van der Waals surface area contributed by atoms with Gasteiger partial charge in [0.2, 0.25) is 0 Å². The standard InChI is InChI=1S/C14H9F3O2/c15-14(16,17)13(19)12(8-18)11-6-5-9-3-1-2-4-10(9)7-11/h1-8,12H. The third-order valence-corrected chi connectivity index (χ3v) is 2.83. The Morgan fingerprint density at radius 1 is 1.05 bits per heavy atom. The molecule has 0 bridgehead atoms. The fourth-order valence-electron chi connectivity index (χ4n) is 1.87. The zero-order valence-corrected chi connectivity index (χ0v) is 9.65. The van der Waals surface area contributed by atoms with Gasteiger partial charge in [0.15, 0.2) is 0 Å². The summed E-state index contributed by atoms with van der Waals surface area (Å²) < 4.78 is 37.1. The summed E-state index contributed by atoms with van der Waals surface area (Å²) in [4.78, 5) is 22.0. The van der Waals surface area contributed by atoms with Gasteiger partial charge in [0.25, 0.3) is 5.78 Å². The second-order valence-corrected chi connectivity index (χ2v) is 4.08. The first-order valence-corrected chi connectivity index (χ1v) is 5.48. The Bertz CT molecular complexity index is 632. The number of aldehydes is 1. The summed E-state index contributed by atoms with van der Waals surface area (Å²) in [6.07, 6.45) is -4.99. The molecular weight excluding hydrogens is 257 g/mol. The van der Waals surface area contributed by atoms with E-state index in [0.29, 0.717) is 5.39 Å². The topological polar surface area (TPSA) is 34.1 Å². The summed E-state index contributed by atoms with van der Waals surface area (Å²) in [5, 5.41) is 1.51. The van der Waals surface area contributed by atoms with Crippen LogP contribution in [-0.4, -0.2) is 18.2 Å². The number of alkyl halides is 3. The van der Waals surface area contributed by atoms with Crippen LogP contribution in [0, 0.1) is 0 Å². The van der Waals surface area contributed by atoms with Gasteiger partial charge in [-0.15, -0.1) is 0 Å². The van der Waals surface area contributed by atoms with E-state index in [2.05, 4.69) is 0 Å². The lowest BCUT2D eigenvalue weighted by atomic mass is 9.93. The van der Waals surface area contributed by atoms with Crippen LogP contribution in [0.3, 0.4) is 0 Å². The number of hydrogen-bond acceptors (Lipinski definition) is 2. The molecule has 0 radical (unpaired) electrons. The number of hydrogen-bond donors (Lipinski definition) is 0. The van der Waals surface area contributed by atoms with Crippen molar-refractivity contribution in [1.29, 1.82) is 0 Å². The maximum absolute atomic E-state index is 12.4. The van der Waals surface area contributed by atoms with Crippen molar-refractivity contribution in [2.75, 3.05) is 0 Å². The van der Waals surface area contributed by atoms with Crippen molar-refractivity contribution in [3.8, 4) is 0 Å². The fraction of sp³-hybridized carbons (Fsp3) is 0.143. The number of halogens is 3. The normalized spacial score (nSPS) is 13.2. The molecule has 0 aliphatic carbocycles. The zero-order valence-electron chi connectivity index (χ0n) is 9.65. The first-order chi connectivity index (χ1) is 8.93. The zero-order chi connectivity index (χ0) is 14.0. The summed E-state index contributed by atoms with van der Waals surface area (Å²) in [7, 11) is 0. The molecule has 0 aromatic heterocycles. The van der Waals surface area contributed by atoms with E-state index in [-0.39, 0.29) is 11.8 Å². The first-order valence-electron chi connectivity index (χ1n) is 5.48. The molecule has 0 saturated heterocycles. The second kappa shape index (κ2) is 4.84. The minimum absolute atomic E-state index is 0.0277. The van der Waals surface area contributed by atoms with Gasteiger partial charge >= 0.3 is 6.18 Å². The van der Waals surface area contributed by atoms with E-state index >= 15 is 0 Å². The van der Waals surface area contributed by atoms with Crippen LogP contribution < -0.4 is 0 Å². The van der Waals surface area contributed by atoms with Gasteiger partial charge < -0.3 is 4.79 Å². The number of benzene rings is 2. The number of fused-ring (bicyclic) bond motifs is 1. The summed E-state index contributed by atoms with van der Waals surface area (Å²) >= 11 is 0. The SMILES string of the molecule is O=CC(C(=O)C(F)(F)F)c1ccc2ccccc2c1. The van der Waals surface area contributed by atoms with E-state index in [0.717, 1.165) is 5.39 Å². The smallest absolute Gasteiger partial charge is 0.302 e. The van der Waals surface area contributed by atoms with Gasteiger partial charge in [-0.2, -0.15) is 13.2 Å². The van der Waals surface area contributed by atoms with E-state index in [9.17, 15) is 22.8 Å². The van der Waals surface area contributed by atoms with E-state index in [1.165, 1.54) is 12.1 Å². The van der Waals surface area contributed by atoms with Crippen molar-refractivity contribution >= 4 is 22.8 Å². The lowest BCUT2D eigenvalue weighted by Gasteiger charge is -2.12. The molecule has 0 aliphatic rings. The second-order valence-electron chi connectivity index (χ2n) is 4.08. The minimum Gasteiger partial charge on any atom is -0.302 e. The van der Waals surface area contributed by atoms with Crippen molar-refractivity contribution in [3.05, 3.63) is 48.0 Å². The average molecular weight is 266 g/mol. The van der Waals surface area contributed by atoms with Crippen LogP contribution in [0.15, 0.2) is 42.5 Å². The molecule has 98 valence electrons. The molecule has 19 heavy (non-hydrogen) atoms. The van der Waals surface area contributed by atoms with Crippen LogP contribution in [0.25, 0.3) is 10.8 Å². The summed E-state index contributed by atoms with van der Waals surface area (Å²) in [6.45, 7) is 0. The van der Waals surface area contributed by atoms with Crippen LogP contribution in [0.5, 0.6) is 0 Å². The van der Waals surface area contributed by atoms with Crippen molar-refractivity contribution < 1.29 is 22.8 Å². The molecule has 2 nitrogen and oxygen atoms in total. The van der Waals surface area contributed by atoms with Crippen LogP contribution in [-0.2, 0) is 9.59 Å². The minimum atomic E-state index is -5.02. The Balaban J connectivity index is 2.47. The molecular formula is C14H9F3O2. The number of carbonyl (C=O) groups is 2. The van der Waals surface area contributed by atoms with Gasteiger partial charge in [0, 0.05) is 0 Å². The van der Waals surface area contributed by atoms with E-state index in [1.807, 2.05) is 0 Å². The quantitative estimate of drug-likeness (QED) is 0.631. The third-order valence-electron chi connectivity index (χ3n) is 2.83. The van der Waals surface area contributed by atoms with Crippen LogP contribution >= 0.6 is 0 Å². The van der Waals surface area contributed by atoms with E-state index < -0.39 is 17.9 Å². The highest BCUT2D eigenvalue weighted by Crippen LogP contribution is 2.28. The van der Waals surface area contributed by atoms with Crippen LogP contribution in [0.2, 0.25) is 0 Å². The number of Topliss-reactive ketones (excluding diaryl/α,β-unsaturated/α-hetero) is 1. The lowest BCUT2D eigenvalue weighted by Crippen LogP contribution is -2.29. The third kappa shape index (κ3) is 2.65. The molecule has 0 saturated carbocycles. The van der Waals surface area contributed by atoms with Gasteiger partial charge in [-0.25, -0.2) is 0 Å². The molecule has 0 heterocycles. The number of carbonyl (C=O) groups excluding carboxylic acids is 2. The predicted molar refractivity (Wildman–Crippen MR) is 63.8 cm³/mol. The molecule has 1 atom stereocenters. The highest BCUT2D eigenvalue weighted by atomic mass is 19.4. The summed E-state index contributed by atoms with van der Waals surface area (Å²) in [5.74, 6) is -3.85. The van der Waals surface area contributed by atoms with Crippen molar-refractivity contribution in [2.45, 2.75) is 12.1 Å². The summed E-state index contributed by atoms with van der Waals surface area (Å²) in [5.41, 5.74) is 0.0519. The van der Waals surface area contributed by atoms with E-state index in [4.69, 9.17) is 0 Å². The van der Waals surface area contributed by atoms with E-state index in [1.54, 1.807) is 30.3 Å². The maximum atomic E-state index is 12.4. The van der Waals surface area contributed by atoms with Crippen molar-refractivity contribution in [2.24, 2.45) is 0 Å². The largest absolute Gasteiger partial charge is 0.451 e. The molecule has 2 rings (SSSR count). The van der Waals surface area contributed by atoms with Gasteiger partial charge in [0.05, 0.1) is 0 Å². The molecule has 2 aromatic rings. The Morgan fingerprint density at radius 3 is 2.26 bits per heavy atom. The molecule has 0 aliphatic heterocycles. The van der Waals surface area contributed by atoms with Crippen LogP contribution in [0.4, 0.5) is 13.2 Å². The molecule has 0 spiro atoms. The Kier molecular flexibility index (Phi) is 3.38. The van der Waals surface area contributed by atoms with Crippen LogP contribution in [0.1, 0.15) is 11.5 Å². The van der Waals surface area contributed by atoms with Crippen molar-refractivity contribution in [1.82, 2.24) is 0 Å². The molecule has 0 fully saturated rings. The lowest BCUT2D eigenvalue weighted by molar-refractivity contribution is -0.172. The molecule has 0 N–H and O–H groups in total. The maximum Gasteiger partial charge on any atom is 0.451 e.